The van der Waals surface area contributed by atoms with Crippen molar-refractivity contribution in [3.8, 4) is 0 Å². The number of thioether (sulfide) groups is 1. The van der Waals surface area contributed by atoms with E-state index in [-0.39, 0.29) is 23.8 Å². The van der Waals surface area contributed by atoms with Crippen LogP contribution in [-0.4, -0.2) is 32.0 Å². The van der Waals surface area contributed by atoms with Crippen molar-refractivity contribution in [3.63, 3.8) is 0 Å². The minimum absolute atomic E-state index is 0.0200. The monoisotopic (exact) mass is 489 g/mol. The maximum atomic E-state index is 13.2. The SMILES string of the molecule is O=C(Cn1cc(Cc2cncnc2)c(=O)nc1SCc1ccc(F)cc1)NCCc1ccccc1. The van der Waals surface area contributed by atoms with E-state index in [2.05, 4.69) is 20.3 Å². The Hall–Kier alpha value is -3.85. The van der Waals surface area contributed by atoms with Gasteiger partial charge in [-0.25, -0.2) is 14.4 Å². The summed E-state index contributed by atoms with van der Waals surface area (Å²) in [4.78, 5) is 37.7. The van der Waals surface area contributed by atoms with Gasteiger partial charge in [-0.15, -0.1) is 0 Å². The highest BCUT2D eigenvalue weighted by Gasteiger charge is 2.13. The summed E-state index contributed by atoms with van der Waals surface area (Å²) in [5.41, 5.74) is 2.88. The Morgan fingerprint density at radius 1 is 0.971 bits per heavy atom. The van der Waals surface area contributed by atoms with Crippen LogP contribution in [0.15, 0.2) is 89.5 Å². The van der Waals surface area contributed by atoms with Gasteiger partial charge >= 0.3 is 0 Å². The average Bonchev–Trinajstić information content (AvgIpc) is 2.87. The lowest BCUT2D eigenvalue weighted by atomic mass is 10.1. The molecule has 35 heavy (non-hydrogen) atoms. The maximum Gasteiger partial charge on any atom is 0.277 e. The van der Waals surface area contributed by atoms with E-state index in [0.29, 0.717) is 29.4 Å². The molecule has 0 unspecified atom stereocenters. The van der Waals surface area contributed by atoms with Crippen molar-refractivity contribution in [2.24, 2.45) is 0 Å². The van der Waals surface area contributed by atoms with Gasteiger partial charge in [-0.05, 0) is 35.2 Å². The molecule has 0 fully saturated rings. The summed E-state index contributed by atoms with van der Waals surface area (Å²) in [6.45, 7) is 0.523. The summed E-state index contributed by atoms with van der Waals surface area (Å²) in [6, 6.07) is 16.1. The zero-order chi connectivity index (χ0) is 24.5. The third-order valence-corrected chi connectivity index (χ3v) is 6.27. The quantitative estimate of drug-likeness (QED) is 0.271. The molecule has 1 N–H and O–H groups in total. The second kappa shape index (κ2) is 12.0. The summed E-state index contributed by atoms with van der Waals surface area (Å²) in [6.07, 6.45) is 7.42. The van der Waals surface area contributed by atoms with Crippen molar-refractivity contribution in [1.82, 2.24) is 24.8 Å². The first-order valence-electron chi connectivity index (χ1n) is 11.1. The number of hydrogen-bond donors (Lipinski definition) is 1. The van der Waals surface area contributed by atoms with Crippen LogP contribution in [0.1, 0.15) is 22.3 Å². The lowest BCUT2D eigenvalue weighted by molar-refractivity contribution is -0.121. The van der Waals surface area contributed by atoms with Gasteiger partial charge in [-0.3, -0.25) is 9.59 Å². The molecular weight excluding hydrogens is 465 g/mol. The lowest BCUT2D eigenvalue weighted by Gasteiger charge is -2.14. The molecule has 2 aromatic heterocycles. The Morgan fingerprint density at radius 3 is 2.46 bits per heavy atom. The number of halogens is 1. The predicted molar refractivity (Wildman–Crippen MR) is 132 cm³/mol. The zero-order valence-electron chi connectivity index (χ0n) is 18.9. The lowest BCUT2D eigenvalue weighted by Crippen LogP contribution is -2.31. The Balaban J connectivity index is 1.49. The van der Waals surface area contributed by atoms with Crippen LogP contribution < -0.4 is 10.9 Å². The van der Waals surface area contributed by atoms with Crippen molar-refractivity contribution in [3.05, 3.63) is 118 Å². The van der Waals surface area contributed by atoms with E-state index in [1.165, 1.54) is 30.2 Å². The van der Waals surface area contributed by atoms with Crippen molar-refractivity contribution in [1.29, 1.82) is 0 Å². The largest absolute Gasteiger partial charge is 0.354 e. The Labute approximate surface area is 206 Å². The summed E-state index contributed by atoms with van der Waals surface area (Å²) in [7, 11) is 0. The molecule has 4 aromatic rings. The third-order valence-electron chi connectivity index (χ3n) is 5.21. The van der Waals surface area contributed by atoms with Crippen LogP contribution in [0, 0.1) is 5.82 Å². The van der Waals surface area contributed by atoms with Crippen LogP contribution >= 0.6 is 11.8 Å². The molecule has 4 rings (SSSR count). The maximum absolute atomic E-state index is 13.2. The van der Waals surface area contributed by atoms with Gasteiger partial charge in [0.15, 0.2) is 5.16 Å². The smallest absolute Gasteiger partial charge is 0.277 e. The van der Waals surface area contributed by atoms with E-state index in [1.54, 1.807) is 35.3 Å². The molecule has 0 saturated carbocycles. The highest BCUT2D eigenvalue weighted by molar-refractivity contribution is 7.98. The Morgan fingerprint density at radius 2 is 1.71 bits per heavy atom. The van der Waals surface area contributed by atoms with Gasteiger partial charge in [0.25, 0.3) is 5.56 Å². The number of nitrogens with one attached hydrogen (secondary N) is 1. The molecular formula is C26H24FN5O2S. The zero-order valence-corrected chi connectivity index (χ0v) is 19.7. The second-order valence-electron chi connectivity index (χ2n) is 7.91. The molecule has 0 aliphatic rings. The van der Waals surface area contributed by atoms with Gasteiger partial charge < -0.3 is 9.88 Å². The van der Waals surface area contributed by atoms with Gasteiger partial charge in [-0.1, -0.05) is 54.2 Å². The Kier molecular flexibility index (Phi) is 8.34. The molecule has 0 atom stereocenters. The van der Waals surface area contributed by atoms with E-state index in [1.807, 2.05) is 30.3 Å². The van der Waals surface area contributed by atoms with E-state index in [9.17, 15) is 14.0 Å². The van der Waals surface area contributed by atoms with E-state index < -0.39 is 0 Å². The fourth-order valence-corrected chi connectivity index (χ4v) is 4.36. The summed E-state index contributed by atoms with van der Waals surface area (Å²) in [5.74, 6) is -0.00647. The molecule has 0 bridgehead atoms. The van der Waals surface area contributed by atoms with E-state index >= 15 is 0 Å². The standard InChI is InChI=1S/C26H24FN5O2S/c27-23-8-6-20(7-9-23)17-35-26-31-25(34)22(12-21-13-28-18-29-14-21)15-32(26)16-24(33)30-11-10-19-4-2-1-3-5-19/h1-9,13-15,18H,10-12,16-17H2,(H,30,33). The number of aromatic nitrogens is 4. The molecule has 2 heterocycles. The van der Waals surface area contributed by atoms with Crippen molar-refractivity contribution in [2.75, 3.05) is 6.54 Å². The van der Waals surface area contributed by atoms with Crippen molar-refractivity contribution < 1.29 is 9.18 Å². The highest BCUT2D eigenvalue weighted by atomic mass is 32.2. The number of hydrogen-bond acceptors (Lipinski definition) is 6. The number of carbonyl (C=O) groups excluding carboxylic acids is 1. The normalized spacial score (nSPS) is 10.8. The highest BCUT2D eigenvalue weighted by Crippen LogP contribution is 2.21. The number of benzene rings is 2. The molecule has 0 aliphatic heterocycles. The topological polar surface area (TPSA) is 89.8 Å². The number of nitrogens with zero attached hydrogens (tertiary/aromatic N) is 4. The van der Waals surface area contributed by atoms with Crippen LogP contribution in [0.25, 0.3) is 0 Å². The van der Waals surface area contributed by atoms with Gasteiger partial charge in [0.1, 0.15) is 18.7 Å². The Bertz CT molecular complexity index is 1320. The van der Waals surface area contributed by atoms with Crippen molar-refractivity contribution >= 4 is 17.7 Å². The molecule has 0 aliphatic carbocycles. The minimum atomic E-state index is -0.365. The molecule has 9 heteroatoms. The molecule has 2 aromatic carbocycles. The van der Waals surface area contributed by atoms with Gasteiger partial charge in [0.2, 0.25) is 5.91 Å². The van der Waals surface area contributed by atoms with Gasteiger partial charge in [0.05, 0.1) is 0 Å². The fourth-order valence-electron chi connectivity index (χ4n) is 3.44. The van der Waals surface area contributed by atoms with Gasteiger partial charge in [-0.2, -0.15) is 4.98 Å². The number of amides is 1. The predicted octanol–water partition coefficient (Wildman–Crippen LogP) is 3.41. The molecule has 0 spiro atoms. The summed E-state index contributed by atoms with van der Waals surface area (Å²) < 4.78 is 14.9. The molecule has 0 saturated heterocycles. The van der Waals surface area contributed by atoms with Crippen LogP contribution in [0.2, 0.25) is 0 Å². The molecule has 178 valence electrons. The van der Waals surface area contributed by atoms with Crippen LogP contribution in [0.4, 0.5) is 4.39 Å². The number of carbonyl (C=O) groups is 1. The average molecular weight is 490 g/mol. The first kappa shape index (κ1) is 24.3. The van der Waals surface area contributed by atoms with Gasteiger partial charge in [0, 0.05) is 42.9 Å². The molecule has 1 amide bonds. The fraction of sp³-hybridized carbons (Fsp3) is 0.192. The minimum Gasteiger partial charge on any atom is -0.354 e. The molecule has 0 radical (unpaired) electrons. The third kappa shape index (κ3) is 7.31. The first-order valence-corrected chi connectivity index (χ1v) is 12.1. The van der Waals surface area contributed by atoms with Crippen LogP contribution in [0.3, 0.4) is 0 Å². The van der Waals surface area contributed by atoms with E-state index in [0.717, 1.165) is 23.1 Å². The van der Waals surface area contributed by atoms with E-state index in [4.69, 9.17) is 0 Å². The number of rotatable bonds is 10. The van der Waals surface area contributed by atoms with Crippen molar-refractivity contribution in [2.45, 2.75) is 30.3 Å². The van der Waals surface area contributed by atoms with Crippen LogP contribution in [-0.2, 0) is 29.9 Å². The first-order chi connectivity index (χ1) is 17.1. The molecule has 7 nitrogen and oxygen atoms in total. The second-order valence-corrected chi connectivity index (χ2v) is 8.85. The summed E-state index contributed by atoms with van der Waals surface area (Å²) in [5, 5.41) is 3.36. The van der Waals surface area contributed by atoms with Crippen LogP contribution in [0.5, 0.6) is 0 Å². The summed E-state index contributed by atoms with van der Waals surface area (Å²) >= 11 is 1.32.